The van der Waals surface area contributed by atoms with Gasteiger partial charge in [-0.1, -0.05) is 115 Å². The number of nitrogens with zero attached hydrogens (tertiary/aromatic N) is 1. The fraction of sp³-hybridized carbons (Fsp3) is 0. The molecule has 0 saturated carbocycles. The van der Waals surface area contributed by atoms with Crippen LogP contribution < -0.4 is 0 Å². The van der Waals surface area contributed by atoms with Gasteiger partial charge in [-0.05, 0) is 80.2 Å². The Labute approximate surface area is 222 Å². The van der Waals surface area contributed by atoms with Crippen LogP contribution in [0.25, 0.3) is 66.2 Å². The largest absolute Gasteiger partial charge is 0.256 e. The van der Waals surface area contributed by atoms with E-state index in [1.165, 1.54) is 55.3 Å². The van der Waals surface area contributed by atoms with Crippen molar-refractivity contribution in [2.75, 3.05) is 0 Å². The van der Waals surface area contributed by atoms with E-state index in [2.05, 4.69) is 145 Å². The standard InChI is InChI=1S/C37H25N/c1-3-10-26(11-4-1)31-23-32(27-12-5-2-6-13-27)25-33(24-31)29-14-7-15-30(22-29)34-17-8-18-36-35(34)20-19-28-16-9-21-38-37(28)36/h1-25H. The minimum Gasteiger partial charge on any atom is -0.256 e. The summed E-state index contributed by atoms with van der Waals surface area (Å²) in [6.45, 7) is 0. The Kier molecular flexibility index (Phi) is 5.53. The van der Waals surface area contributed by atoms with Crippen molar-refractivity contribution in [3.8, 4) is 44.5 Å². The van der Waals surface area contributed by atoms with Crippen LogP contribution in [0, 0.1) is 0 Å². The molecule has 7 rings (SSSR count). The lowest BCUT2D eigenvalue weighted by atomic mass is 9.91. The molecule has 0 saturated heterocycles. The second-order valence-corrected chi connectivity index (χ2v) is 9.65. The van der Waals surface area contributed by atoms with Crippen LogP contribution in [0.5, 0.6) is 0 Å². The number of benzene rings is 6. The average Bonchev–Trinajstić information content (AvgIpc) is 3.01. The van der Waals surface area contributed by atoms with Crippen LogP contribution in [0.15, 0.2) is 152 Å². The summed E-state index contributed by atoms with van der Waals surface area (Å²) in [5.41, 5.74) is 10.8. The molecule has 0 fully saturated rings. The smallest absolute Gasteiger partial charge is 0.0780 e. The highest BCUT2D eigenvalue weighted by molar-refractivity contribution is 6.10. The third-order valence-electron chi connectivity index (χ3n) is 7.28. The molecule has 6 aromatic carbocycles. The Morgan fingerprint density at radius 3 is 1.63 bits per heavy atom. The molecule has 1 nitrogen and oxygen atoms in total. The first-order chi connectivity index (χ1) is 18.8. The summed E-state index contributed by atoms with van der Waals surface area (Å²) in [4.78, 5) is 4.69. The number of fused-ring (bicyclic) bond motifs is 3. The maximum Gasteiger partial charge on any atom is 0.0780 e. The molecule has 0 N–H and O–H groups in total. The van der Waals surface area contributed by atoms with E-state index in [1.54, 1.807) is 0 Å². The summed E-state index contributed by atoms with van der Waals surface area (Å²) in [7, 11) is 0. The molecule has 0 atom stereocenters. The van der Waals surface area contributed by atoms with Crippen LogP contribution in [0.2, 0.25) is 0 Å². The second kappa shape index (κ2) is 9.46. The molecule has 0 aliphatic carbocycles. The van der Waals surface area contributed by atoms with E-state index in [9.17, 15) is 0 Å². The highest BCUT2D eigenvalue weighted by Crippen LogP contribution is 2.37. The molecule has 0 aliphatic rings. The summed E-state index contributed by atoms with van der Waals surface area (Å²) in [6, 6.07) is 52.1. The summed E-state index contributed by atoms with van der Waals surface area (Å²) >= 11 is 0. The highest BCUT2D eigenvalue weighted by Gasteiger charge is 2.11. The lowest BCUT2D eigenvalue weighted by Gasteiger charge is -2.13. The number of pyridine rings is 1. The summed E-state index contributed by atoms with van der Waals surface area (Å²) in [5, 5.41) is 3.57. The second-order valence-electron chi connectivity index (χ2n) is 9.65. The zero-order chi connectivity index (χ0) is 25.3. The van der Waals surface area contributed by atoms with Gasteiger partial charge in [0.2, 0.25) is 0 Å². The zero-order valence-corrected chi connectivity index (χ0v) is 20.9. The van der Waals surface area contributed by atoms with Gasteiger partial charge in [0.05, 0.1) is 5.52 Å². The predicted octanol–water partition coefficient (Wildman–Crippen LogP) is 10.1. The first kappa shape index (κ1) is 22.2. The van der Waals surface area contributed by atoms with Crippen LogP contribution >= 0.6 is 0 Å². The Morgan fingerprint density at radius 1 is 0.342 bits per heavy atom. The third kappa shape index (κ3) is 4.05. The molecule has 1 aromatic heterocycles. The number of rotatable bonds is 4. The van der Waals surface area contributed by atoms with Crippen molar-refractivity contribution >= 4 is 21.7 Å². The highest BCUT2D eigenvalue weighted by atomic mass is 14.6. The minimum atomic E-state index is 1.05. The Bertz CT molecular complexity index is 1850. The van der Waals surface area contributed by atoms with Crippen LogP contribution in [-0.4, -0.2) is 4.98 Å². The number of aromatic nitrogens is 1. The van der Waals surface area contributed by atoms with Gasteiger partial charge in [-0.25, -0.2) is 0 Å². The van der Waals surface area contributed by atoms with Gasteiger partial charge in [-0.15, -0.1) is 0 Å². The van der Waals surface area contributed by atoms with Gasteiger partial charge >= 0.3 is 0 Å². The van der Waals surface area contributed by atoms with Crippen molar-refractivity contribution in [1.82, 2.24) is 4.98 Å². The van der Waals surface area contributed by atoms with Crippen molar-refractivity contribution in [3.63, 3.8) is 0 Å². The topological polar surface area (TPSA) is 12.9 Å². The van der Waals surface area contributed by atoms with Crippen molar-refractivity contribution in [1.29, 1.82) is 0 Å². The number of hydrogen-bond acceptors (Lipinski definition) is 1. The summed E-state index contributed by atoms with van der Waals surface area (Å²) in [6.07, 6.45) is 1.87. The number of hydrogen-bond donors (Lipinski definition) is 0. The fourth-order valence-electron chi connectivity index (χ4n) is 5.41. The molecule has 1 heterocycles. The van der Waals surface area contributed by atoms with E-state index < -0.39 is 0 Å². The Balaban J connectivity index is 1.40. The first-order valence-electron chi connectivity index (χ1n) is 13.0. The van der Waals surface area contributed by atoms with Crippen LogP contribution in [0.1, 0.15) is 0 Å². The molecule has 0 bridgehead atoms. The van der Waals surface area contributed by atoms with E-state index in [4.69, 9.17) is 0 Å². The van der Waals surface area contributed by atoms with Crippen LogP contribution in [0.4, 0.5) is 0 Å². The van der Waals surface area contributed by atoms with Crippen LogP contribution in [-0.2, 0) is 0 Å². The van der Waals surface area contributed by atoms with Gasteiger partial charge in [0.15, 0.2) is 0 Å². The lowest BCUT2D eigenvalue weighted by molar-refractivity contribution is 1.43. The molecule has 7 aromatic rings. The molecular formula is C37H25N. The molecule has 0 radical (unpaired) electrons. The molecule has 178 valence electrons. The molecule has 0 aliphatic heterocycles. The van der Waals surface area contributed by atoms with E-state index in [-0.39, 0.29) is 0 Å². The van der Waals surface area contributed by atoms with E-state index >= 15 is 0 Å². The van der Waals surface area contributed by atoms with Gasteiger partial charge in [-0.3, -0.25) is 4.98 Å². The van der Waals surface area contributed by atoms with Crippen molar-refractivity contribution in [2.24, 2.45) is 0 Å². The van der Waals surface area contributed by atoms with Gasteiger partial charge in [-0.2, -0.15) is 0 Å². The van der Waals surface area contributed by atoms with Gasteiger partial charge in [0, 0.05) is 17.0 Å². The third-order valence-corrected chi connectivity index (χ3v) is 7.28. The Hall–Kier alpha value is -5.01. The predicted molar refractivity (Wildman–Crippen MR) is 161 cm³/mol. The molecule has 1 heteroatoms. The van der Waals surface area contributed by atoms with Crippen molar-refractivity contribution in [3.05, 3.63) is 152 Å². The minimum absolute atomic E-state index is 1.05. The normalized spacial score (nSPS) is 11.2. The molecule has 0 unspecified atom stereocenters. The first-order valence-corrected chi connectivity index (χ1v) is 13.0. The van der Waals surface area contributed by atoms with Crippen molar-refractivity contribution < 1.29 is 0 Å². The summed E-state index contributed by atoms with van der Waals surface area (Å²) in [5.74, 6) is 0. The molecular weight excluding hydrogens is 458 g/mol. The molecule has 38 heavy (non-hydrogen) atoms. The summed E-state index contributed by atoms with van der Waals surface area (Å²) < 4.78 is 0. The van der Waals surface area contributed by atoms with E-state index in [0.717, 1.165) is 10.9 Å². The SMILES string of the molecule is c1ccc(-c2cc(-c3ccccc3)cc(-c3cccc(-c4cccc5c4ccc4cccnc45)c3)c2)cc1. The Morgan fingerprint density at radius 2 is 0.921 bits per heavy atom. The average molecular weight is 484 g/mol. The maximum atomic E-state index is 4.69. The molecule has 0 spiro atoms. The lowest BCUT2D eigenvalue weighted by Crippen LogP contribution is -1.88. The van der Waals surface area contributed by atoms with E-state index in [1.807, 2.05) is 12.3 Å². The van der Waals surface area contributed by atoms with Crippen molar-refractivity contribution in [2.45, 2.75) is 0 Å². The van der Waals surface area contributed by atoms with E-state index in [0.29, 0.717) is 0 Å². The quantitative estimate of drug-likeness (QED) is 0.227. The maximum absolute atomic E-state index is 4.69. The van der Waals surface area contributed by atoms with Gasteiger partial charge in [0.1, 0.15) is 0 Å². The molecule has 0 amide bonds. The fourth-order valence-corrected chi connectivity index (χ4v) is 5.41. The zero-order valence-electron chi connectivity index (χ0n) is 20.9. The monoisotopic (exact) mass is 483 g/mol. The van der Waals surface area contributed by atoms with Crippen LogP contribution in [0.3, 0.4) is 0 Å². The van der Waals surface area contributed by atoms with Gasteiger partial charge in [0.25, 0.3) is 0 Å². The van der Waals surface area contributed by atoms with Gasteiger partial charge < -0.3 is 0 Å².